The van der Waals surface area contributed by atoms with E-state index in [-0.39, 0.29) is 36.5 Å². The first kappa shape index (κ1) is 25.8. The number of hydrogen-bond donors (Lipinski definition) is 2. The third kappa shape index (κ3) is 3.83. The summed E-state index contributed by atoms with van der Waals surface area (Å²) in [5.41, 5.74) is 1.61. The third-order valence-corrected chi connectivity index (χ3v) is 10.8. The molecule has 3 aromatic carbocycles. The minimum atomic E-state index is -2.83. The average molecular weight is 545 g/mol. The zero-order valence-corrected chi connectivity index (χ0v) is 23.2. The van der Waals surface area contributed by atoms with Crippen molar-refractivity contribution in [3.8, 4) is 5.75 Å². The van der Waals surface area contributed by atoms with E-state index in [0.29, 0.717) is 40.5 Å². The van der Waals surface area contributed by atoms with Gasteiger partial charge in [0.2, 0.25) is 0 Å². The summed E-state index contributed by atoms with van der Waals surface area (Å²) in [5.74, 6) is -0.211. The fourth-order valence-corrected chi connectivity index (χ4v) is 9.35. The maximum absolute atomic E-state index is 14.5. The molecule has 0 aromatic heterocycles. The second-order valence-electron chi connectivity index (χ2n) is 11.0. The summed E-state index contributed by atoms with van der Waals surface area (Å²) in [5, 5.41) is 9.86. The topological polar surface area (TPSA) is 99.5 Å². The molecular formula is C30H32N2O6Si. The molecule has 2 N–H and O–H groups in total. The minimum absolute atomic E-state index is 0.0911. The lowest BCUT2D eigenvalue weighted by Gasteiger charge is -2.33. The van der Waals surface area contributed by atoms with Gasteiger partial charge in [0.1, 0.15) is 5.75 Å². The van der Waals surface area contributed by atoms with Crippen LogP contribution in [0.15, 0.2) is 72.8 Å². The van der Waals surface area contributed by atoms with E-state index < -0.39 is 20.0 Å². The number of ether oxygens (including phenoxy) is 2. The molecule has 9 heteroatoms. The van der Waals surface area contributed by atoms with Crippen LogP contribution in [0, 0.1) is 5.92 Å². The summed E-state index contributed by atoms with van der Waals surface area (Å²) in [4.78, 5) is 42.3. The molecule has 202 valence electrons. The van der Waals surface area contributed by atoms with Gasteiger partial charge in [0, 0.05) is 35.0 Å². The number of amides is 2. The number of nitrogens with zero attached hydrogens (tertiary/aromatic N) is 2. The standard InChI is InChI=1S/C30H32N2O6Si/c1-19-28(39(2,3)36)26(15-16-33)38-30(19)22-17-21(31-24-11-7-8-12-25(24)37-18-27(31)34)13-14-23(22)32(29(30)35)20-9-5-4-6-10-20/h4-14,17,19,26,28,33,36H,15-16,18H2,1-3H3/t19-,26+,28-,30+/m0/s1. The molecule has 1 saturated heterocycles. The molecule has 3 aromatic rings. The minimum Gasteiger partial charge on any atom is -0.482 e. The second-order valence-corrected chi connectivity index (χ2v) is 15.0. The SMILES string of the molecule is C[C@H]1[C@H]([Si](C)(C)O)[C@@H](CCO)O[C@]12C(=O)N(c1ccccc1)c1ccc(N3C(=O)COc4ccccc43)cc12. The van der Waals surface area contributed by atoms with E-state index in [2.05, 4.69) is 0 Å². The number of fused-ring (bicyclic) bond motifs is 3. The number of carbonyl (C=O) groups is 2. The molecule has 0 radical (unpaired) electrons. The fraction of sp³-hybridized carbons (Fsp3) is 0.333. The first-order chi connectivity index (χ1) is 18.7. The number of carbonyl (C=O) groups excluding carboxylic acids is 2. The lowest BCUT2D eigenvalue weighted by atomic mass is 9.82. The number of rotatable bonds is 5. The molecule has 0 unspecified atom stereocenters. The van der Waals surface area contributed by atoms with Gasteiger partial charge in [-0.25, -0.2) is 0 Å². The van der Waals surface area contributed by atoms with Crippen LogP contribution >= 0.6 is 0 Å². The summed E-state index contributed by atoms with van der Waals surface area (Å²) in [7, 11) is -2.83. The van der Waals surface area contributed by atoms with Gasteiger partial charge in [0.05, 0.1) is 17.5 Å². The molecule has 4 atom stereocenters. The predicted octanol–water partition coefficient (Wildman–Crippen LogP) is 4.60. The number of anilines is 4. The zero-order valence-electron chi connectivity index (χ0n) is 22.2. The normalized spacial score (nSPS) is 26.1. The van der Waals surface area contributed by atoms with E-state index in [9.17, 15) is 19.5 Å². The van der Waals surface area contributed by atoms with Gasteiger partial charge in [-0.2, -0.15) is 0 Å². The molecule has 3 aliphatic heterocycles. The van der Waals surface area contributed by atoms with E-state index in [1.807, 2.05) is 92.8 Å². The molecule has 0 saturated carbocycles. The number of para-hydroxylation sites is 3. The van der Waals surface area contributed by atoms with Crippen LogP contribution in [-0.4, -0.2) is 49.4 Å². The Balaban J connectivity index is 1.56. The molecule has 39 heavy (non-hydrogen) atoms. The monoisotopic (exact) mass is 544 g/mol. The van der Waals surface area contributed by atoms with Crippen LogP contribution in [0.25, 0.3) is 0 Å². The largest absolute Gasteiger partial charge is 0.482 e. The highest BCUT2D eigenvalue weighted by atomic mass is 28.4. The molecular weight excluding hydrogens is 512 g/mol. The van der Waals surface area contributed by atoms with Gasteiger partial charge in [-0.15, -0.1) is 0 Å². The van der Waals surface area contributed by atoms with Gasteiger partial charge in [-0.05, 0) is 62.0 Å². The van der Waals surface area contributed by atoms with Crippen molar-refractivity contribution in [1.29, 1.82) is 0 Å². The first-order valence-corrected chi connectivity index (χ1v) is 16.3. The van der Waals surface area contributed by atoms with E-state index >= 15 is 0 Å². The fourth-order valence-electron chi connectivity index (χ4n) is 6.75. The van der Waals surface area contributed by atoms with Crippen LogP contribution in [-0.2, 0) is 19.9 Å². The molecule has 3 aliphatic rings. The van der Waals surface area contributed by atoms with Crippen LogP contribution in [0.1, 0.15) is 18.9 Å². The van der Waals surface area contributed by atoms with Gasteiger partial charge >= 0.3 is 0 Å². The van der Waals surface area contributed by atoms with Gasteiger partial charge in [-0.1, -0.05) is 37.3 Å². The number of hydrogen-bond acceptors (Lipinski definition) is 6. The van der Waals surface area contributed by atoms with E-state index in [1.165, 1.54) is 0 Å². The highest BCUT2D eigenvalue weighted by Crippen LogP contribution is 2.61. The predicted molar refractivity (Wildman–Crippen MR) is 150 cm³/mol. The van der Waals surface area contributed by atoms with Crippen molar-refractivity contribution < 1.29 is 29.0 Å². The number of benzene rings is 3. The Hall–Kier alpha value is -3.50. The summed E-state index contributed by atoms with van der Waals surface area (Å²) in [6.45, 7) is 5.47. The van der Waals surface area contributed by atoms with Crippen molar-refractivity contribution in [2.24, 2.45) is 5.92 Å². The van der Waals surface area contributed by atoms with Crippen molar-refractivity contribution in [1.82, 2.24) is 0 Å². The first-order valence-electron chi connectivity index (χ1n) is 13.3. The molecule has 6 rings (SSSR count). The van der Waals surface area contributed by atoms with Crippen LogP contribution in [0.5, 0.6) is 5.75 Å². The van der Waals surface area contributed by atoms with E-state index in [4.69, 9.17) is 9.47 Å². The average Bonchev–Trinajstić information content (AvgIpc) is 3.35. The lowest BCUT2D eigenvalue weighted by molar-refractivity contribution is -0.145. The quantitative estimate of drug-likeness (QED) is 0.456. The Bertz CT molecular complexity index is 1440. The van der Waals surface area contributed by atoms with Gasteiger partial charge in [0.15, 0.2) is 20.5 Å². The van der Waals surface area contributed by atoms with Crippen LogP contribution in [0.2, 0.25) is 18.6 Å². The highest BCUT2D eigenvalue weighted by molar-refractivity contribution is 6.71. The summed E-state index contributed by atoms with van der Waals surface area (Å²) in [6.07, 6.45) is -0.171. The molecule has 8 nitrogen and oxygen atoms in total. The molecule has 0 aliphatic carbocycles. The number of aliphatic hydroxyl groups excluding tert-OH is 1. The summed E-state index contributed by atoms with van der Waals surface area (Å²) in [6, 6.07) is 22.4. The van der Waals surface area contributed by atoms with Gasteiger partial charge in [-0.3, -0.25) is 19.4 Å². The van der Waals surface area contributed by atoms with E-state index in [0.717, 1.165) is 0 Å². The van der Waals surface area contributed by atoms with Crippen molar-refractivity contribution in [3.05, 3.63) is 78.4 Å². The van der Waals surface area contributed by atoms with Crippen LogP contribution in [0.3, 0.4) is 0 Å². The van der Waals surface area contributed by atoms with Gasteiger partial charge < -0.3 is 19.4 Å². The third-order valence-electron chi connectivity index (χ3n) is 8.27. The Labute approximate surface area is 228 Å². The Morgan fingerprint density at radius 2 is 1.67 bits per heavy atom. The smallest absolute Gasteiger partial charge is 0.269 e. The Morgan fingerprint density at radius 3 is 2.38 bits per heavy atom. The maximum atomic E-state index is 14.5. The number of aliphatic hydroxyl groups is 1. The highest BCUT2D eigenvalue weighted by Gasteiger charge is 2.66. The Morgan fingerprint density at radius 1 is 0.949 bits per heavy atom. The summed E-state index contributed by atoms with van der Waals surface area (Å²) < 4.78 is 12.4. The molecule has 3 heterocycles. The Kier molecular flexibility index (Phi) is 6.15. The molecule has 1 fully saturated rings. The van der Waals surface area contributed by atoms with Crippen molar-refractivity contribution >= 4 is 42.9 Å². The zero-order chi connectivity index (χ0) is 27.5. The lowest BCUT2D eigenvalue weighted by Crippen LogP contribution is -2.45. The van der Waals surface area contributed by atoms with Crippen LogP contribution in [0.4, 0.5) is 22.7 Å². The van der Waals surface area contributed by atoms with Crippen molar-refractivity contribution in [3.63, 3.8) is 0 Å². The van der Waals surface area contributed by atoms with Crippen molar-refractivity contribution in [2.75, 3.05) is 23.0 Å². The van der Waals surface area contributed by atoms with Crippen molar-refractivity contribution in [2.45, 2.75) is 43.7 Å². The molecule has 2 amide bonds. The van der Waals surface area contributed by atoms with E-state index in [1.54, 1.807) is 9.80 Å². The molecule has 1 spiro atoms. The maximum Gasteiger partial charge on any atom is 0.269 e. The molecule has 0 bridgehead atoms. The summed E-state index contributed by atoms with van der Waals surface area (Å²) >= 11 is 0. The van der Waals surface area contributed by atoms with Gasteiger partial charge in [0.25, 0.3) is 11.8 Å². The second kappa shape index (κ2) is 9.30. The van der Waals surface area contributed by atoms with Crippen LogP contribution < -0.4 is 14.5 Å².